The summed E-state index contributed by atoms with van der Waals surface area (Å²) in [6.45, 7) is 5.76. The Morgan fingerprint density at radius 2 is 1.59 bits per heavy atom. The summed E-state index contributed by atoms with van der Waals surface area (Å²) in [5.74, 6) is -3.96. The summed E-state index contributed by atoms with van der Waals surface area (Å²) in [6.07, 6.45) is -1.95. The second kappa shape index (κ2) is 16.9. The van der Waals surface area contributed by atoms with Crippen LogP contribution in [0.3, 0.4) is 0 Å². The van der Waals surface area contributed by atoms with E-state index in [1.807, 2.05) is 31.3 Å². The molecule has 1 aliphatic heterocycles. The van der Waals surface area contributed by atoms with Crippen molar-refractivity contribution in [3.05, 3.63) is 35.4 Å². The quantitative estimate of drug-likeness (QED) is 0.206. The van der Waals surface area contributed by atoms with Crippen LogP contribution in [0.5, 0.6) is 0 Å². The lowest BCUT2D eigenvalue weighted by molar-refractivity contribution is -0.192. The van der Waals surface area contributed by atoms with E-state index in [-0.39, 0.29) is 6.10 Å². The number of aliphatic hydroxyl groups is 1. The SMILES string of the molecule is CN(CCCN)CCCNC(=O)C(=O)NCc1ccccc1CN1CCC(O)CC1.O=C(O)C(F)(F)F. The molecule has 0 atom stereocenters. The summed E-state index contributed by atoms with van der Waals surface area (Å²) < 4.78 is 31.7. The molecule has 13 heteroatoms. The van der Waals surface area contributed by atoms with Crippen LogP contribution in [0.4, 0.5) is 13.2 Å². The number of hydrogen-bond donors (Lipinski definition) is 5. The second-order valence-corrected chi connectivity index (χ2v) is 8.82. The highest BCUT2D eigenvalue weighted by Gasteiger charge is 2.38. The van der Waals surface area contributed by atoms with Crippen LogP contribution < -0.4 is 16.4 Å². The Hall–Kier alpha value is -2.74. The Balaban J connectivity index is 0.000000856. The summed E-state index contributed by atoms with van der Waals surface area (Å²) in [6, 6.07) is 7.94. The third-order valence-corrected chi connectivity index (χ3v) is 5.70. The molecule has 1 fully saturated rings. The Morgan fingerprint density at radius 3 is 2.16 bits per heavy atom. The molecular weight excluding hydrogens is 495 g/mol. The predicted octanol–water partition coefficient (Wildman–Crippen LogP) is 0.680. The van der Waals surface area contributed by atoms with Crippen LogP contribution >= 0.6 is 0 Å². The molecule has 210 valence electrons. The molecule has 0 radical (unpaired) electrons. The number of rotatable bonds is 11. The van der Waals surface area contributed by atoms with Crippen LogP contribution in [0.25, 0.3) is 0 Å². The normalized spacial score (nSPS) is 14.6. The van der Waals surface area contributed by atoms with Crippen LogP contribution in [0, 0.1) is 0 Å². The van der Waals surface area contributed by atoms with Gasteiger partial charge in [-0.3, -0.25) is 14.5 Å². The molecule has 1 aromatic carbocycles. The van der Waals surface area contributed by atoms with E-state index in [1.54, 1.807) is 0 Å². The smallest absolute Gasteiger partial charge is 0.475 e. The van der Waals surface area contributed by atoms with Gasteiger partial charge in [0.2, 0.25) is 0 Å². The van der Waals surface area contributed by atoms with Crippen LogP contribution in [0.2, 0.25) is 0 Å². The number of likely N-dealkylation sites (tertiary alicyclic amines) is 1. The minimum Gasteiger partial charge on any atom is -0.475 e. The maximum absolute atomic E-state index is 12.1. The molecule has 1 aliphatic rings. The summed E-state index contributed by atoms with van der Waals surface area (Å²) in [4.78, 5) is 37.5. The molecule has 0 unspecified atom stereocenters. The highest BCUT2D eigenvalue weighted by Crippen LogP contribution is 2.16. The minimum absolute atomic E-state index is 0.194. The topological polar surface area (TPSA) is 148 Å². The number of amides is 2. The number of nitrogens with zero attached hydrogens (tertiary/aromatic N) is 2. The molecule has 0 aromatic heterocycles. The average molecular weight is 534 g/mol. The Bertz CT molecular complexity index is 848. The van der Waals surface area contributed by atoms with Crippen molar-refractivity contribution in [3.63, 3.8) is 0 Å². The van der Waals surface area contributed by atoms with Gasteiger partial charge in [0.25, 0.3) is 0 Å². The molecule has 0 spiro atoms. The monoisotopic (exact) mass is 533 g/mol. The lowest BCUT2D eigenvalue weighted by Crippen LogP contribution is -2.40. The zero-order valence-corrected chi connectivity index (χ0v) is 21.1. The van der Waals surface area contributed by atoms with E-state index in [0.717, 1.165) is 69.5 Å². The largest absolute Gasteiger partial charge is 0.490 e. The maximum atomic E-state index is 12.1. The first-order valence-electron chi connectivity index (χ1n) is 12.2. The van der Waals surface area contributed by atoms with Crippen LogP contribution in [-0.4, -0.2) is 96.4 Å². The van der Waals surface area contributed by atoms with Gasteiger partial charge in [-0.05, 0) is 63.5 Å². The molecular formula is C24H38F3N5O5. The lowest BCUT2D eigenvalue weighted by atomic mass is 10.0. The Kier molecular flexibility index (Phi) is 14.7. The van der Waals surface area contributed by atoms with E-state index < -0.39 is 24.0 Å². The Labute approximate surface area is 215 Å². The van der Waals surface area contributed by atoms with Crippen molar-refractivity contribution in [2.45, 2.75) is 51.1 Å². The number of carbonyl (C=O) groups is 3. The number of nitrogens with one attached hydrogen (secondary N) is 2. The van der Waals surface area contributed by atoms with Crippen molar-refractivity contribution in [2.24, 2.45) is 5.73 Å². The van der Waals surface area contributed by atoms with Crippen LogP contribution in [0.1, 0.15) is 36.8 Å². The van der Waals surface area contributed by atoms with Gasteiger partial charge in [-0.2, -0.15) is 13.2 Å². The van der Waals surface area contributed by atoms with Gasteiger partial charge in [0.05, 0.1) is 6.10 Å². The highest BCUT2D eigenvalue weighted by atomic mass is 19.4. The molecule has 0 saturated carbocycles. The van der Waals surface area contributed by atoms with Crippen LogP contribution in [0.15, 0.2) is 24.3 Å². The molecule has 1 saturated heterocycles. The van der Waals surface area contributed by atoms with Crippen LogP contribution in [-0.2, 0) is 27.5 Å². The van der Waals surface area contributed by atoms with E-state index in [4.69, 9.17) is 15.6 Å². The second-order valence-electron chi connectivity index (χ2n) is 8.82. The number of nitrogens with two attached hydrogens (primary N) is 1. The van der Waals surface area contributed by atoms with Crippen molar-refractivity contribution in [2.75, 3.05) is 46.3 Å². The minimum atomic E-state index is -5.08. The van der Waals surface area contributed by atoms with Crippen molar-refractivity contribution >= 4 is 17.8 Å². The number of halogens is 3. The summed E-state index contributed by atoms with van der Waals surface area (Å²) in [5.41, 5.74) is 7.64. The van der Waals surface area contributed by atoms with Crippen molar-refractivity contribution < 1.29 is 37.8 Å². The first-order chi connectivity index (χ1) is 17.4. The maximum Gasteiger partial charge on any atom is 0.490 e. The van der Waals surface area contributed by atoms with Gasteiger partial charge < -0.3 is 31.5 Å². The van der Waals surface area contributed by atoms with Gasteiger partial charge in [0.15, 0.2) is 0 Å². The van der Waals surface area contributed by atoms with Crippen molar-refractivity contribution in [1.29, 1.82) is 0 Å². The average Bonchev–Trinajstić information content (AvgIpc) is 2.85. The van der Waals surface area contributed by atoms with E-state index in [1.165, 1.54) is 0 Å². The number of benzene rings is 1. The third kappa shape index (κ3) is 14.0. The molecule has 0 aliphatic carbocycles. The number of aliphatic carboxylic acids is 1. The summed E-state index contributed by atoms with van der Waals surface area (Å²) in [7, 11) is 2.02. The fourth-order valence-corrected chi connectivity index (χ4v) is 3.56. The van der Waals surface area contributed by atoms with Crippen molar-refractivity contribution in [3.8, 4) is 0 Å². The van der Waals surface area contributed by atoms with Gasteiger partial charge in [-0.15, -0.1) is 0 Å². The molecule has 37 heavy (non-hydrogen) atoms. The predicted molar refractivity (Wildman–Crippen MR) is 131 cm³/mol. The van der Waals surface area contributed by atoms with E-state index >= 15 is 0 Å². The fourth-order valence-electron chi connectivity index (χ4n) is 3.56. The molecule has 1 heterocycles. The van der Waals surface area contributed by atoms with E-state index in [0.29, 0.717) is 19.6 Å². The zero-order chi connectivity index (χ0) is 27.8. The highest BCUT2D eigenvalue weighted by molar-refractivity contribution is 6.35. The number of piperidine rings is 1. The summed E-state index contributed by atoms with van der Waals surface area (Å²) >= 11 is 0. The summed E-state index contributed by atoms with van der Waals surface area (Å²) in [5, 5.41) is 22.2. The number of alkyl halides is 3. The first-order valence-corrected chi connectivity index (χ1v) is 12.2. The fraction of sp³-hybridized carbons (Fsp3) is 0.625. The first kappa shape index (κ1) is 32.3. The van der Waals surface area contributed by atoms with Gasteiger partial charge in [-0.1, -0.05) is 24.3 Å². The number of carboxylic acid groups (broad SMARTS) is 1. The number of carbonyl (C=O) groups excluding carboxylic acids is 2. The number of hydrogen-bond acceptors (Lipinski definition) is 7. The number of carboxylic acids is 1. The van der Waals surface area contributed by atoms with Gasteiger partial charge in [-0.25, -0.2) is 4.79 Å². The number of aliphatic hydroxyl groups excluding tert-OH is 1. The van der Waals surface area contributed by atoms with Gasteiger partial charge in [0.1, 0.15) is 0 Å². The lowest BCUT2D eigenvalue weighted by Gasteiger charge is -2.30. The molecule has 2 amide bonds. The standard InChI is InChI=1S/C22H37N5O3.C2HF3O2/c1-26(12-4-10-23)13-5-11-24-21(29)22(30)25-16-18-6-2-3-7-19(18)17-27-14-8-20(28)9-15-27;3-2(4,5)1(6)7/h2-3,6-7,20,28H,4-5,8-17,23H2,1H3,(H,24,29)(H,25,30);(H,6,7). The van der Waals surface area contributed by atoms with Crippen molar-refractivity contribution in [1.82, 2.24) is 20.4 Å². The molecule has 0 bridgehead atoms. The molecule has 6 N–H and O–H groups in total. The van der Waals surface area contributed by atoms with Gasteiger partial charge in [0, 0.05) is 32.7 Å². The molecule has 2 rings (SSSR count). The molecule has 1 aromatic rings. The van der Waals surface area contributed by atoms with Gasteiger partial charge >= 0.3 is 24.0 Å². The zero-order valence-electron chi connectivity index (χ0n) is 21.1. The van der Waals surface area contributed by atoms with E-state index in [9.17, 15) is 27.9 Å². The Morgan fingerprint density at radius 1 is 1.05 bits per heavy atom. The molecule has 10 nitrogen and oxygen atoms in total. The third-order valence-electron chi connectivity index (χ3n) is 5.70. The van der Waals surface area contributed by atoms with E-state index in [2.05, 4.69) is 20.4 Å².